The van der Waals surface area contributed by atoms with Gasteiger partial charge in [0.15, 0.2) is 0 Å². The molecular weight excluding hydrogens is 293 g/mol. The van der Waals surface area contributed by atoms with Crippen LogP contribution in [0.2, 0.25) is 0 Å². The Balaban J connectivity index is 1.58. The van der Waals surface area contributed by atoms with Gasteiger partial charge in [0.2, 0.25) is 5.91 Å². The van der Waals surface area contributed by atoms with E-state index in [9.17, 15) is 9.18 Å². The Morgan fingerprint density at radius 1 is 1.35 bits per heavy atom. The highest BCUT2D eigenvalue weighted by atomic mass is 19.1. The number of nitrogens with one attached hydrogen (secondary N) is 2. The minimum atomic E-state index is -0.188. The second kappa shape index (κ2) is 7.30. The molecule has 23 heavy (non-hydrogen) atoms. The second-order valence-electron chi connectivity index (χ2n) is 6.82. The fourth-order valence-electron chi connectivity index (χ4n) is 3.71. The number of piperidine rings is 2. The zero-order valence-corrected chi connectivity index (χ0v) is 13.7. The van der Waals surface area contributed by atoms with Crippen LogP contribution < -0.4 is 15.5 Å². The zero-order chi connectivity index (χ0) is 16.2. The Labute approximate surface area is 137 Å². The molecule has 0 spiro atoms. The summed E-state index contributed by atoms with van der Waals surface area (Å²) < 4.78 is 14.0. The van der Waals surface area contributed by atoms with Crippen molar-refractivity contribution in [3.05, 3.63) is 30.1 Å². The first-order chi connectivity index (χ1) is 11.1. The standard InChI is InChI=1S/C18H26FN3O/c1-13-11-14(8-9-20-13)18(23)21-15-5-4-10-22(12-15)17-7-3-2-6-16(17)19/h2-3,6-7,13-15,20H,4-5,8-12H2,1H3,(H,21,23)/t13-,14-,15?/m0/s1. The van der Waals surface area contributed by atoms with Gasteiger partial charge in [-0.05, 0) is 51.3 Å². The number of halogens is 1. The van der Waals surface area contributed by atoms with E-state index in [1.165, 1.54) is 6.07 Å². The van der Waals surface area contributed by atoms with Crippen molar-refractivity contribution in [2.24, 2.45) is 5.92 Å². The molecule has 1 unspecified atom stereocenters. The Morgan fingerprint density at radius 3 is 2.96 bits per heavy atom. The normalized spacial score (nSPS) is 28.4. The first-order valence-corrected chi connectivity index (χ1v) is 8.66. The number of para-hydroxylation sites is 1. The van der Waals surface area contributed by atoms with Crippen molar-refractivity contribution in [3.8, 4) is 0 Å². The number of amides is 1. The number of hydrogen-bond acceptors (Lipinski definition) is 3. The summed E-state index contributed by atoms with van der Waals surface area (Å²) in [7, 11) is 0. The van der Waals surface area contributed by atoms with Crippen LogP contribution >= 0.6 is 0 Å². The highest BCUT2D eigenvalue weighted by Gasteiger charge is 2.28. The molecule has 2 heterocycles. The van der Waals surface area contributed by atoms with Crippen LogP contribution in [0.15, 0.2) is 24.3 Å². The van der Waals surface area contributed by atoms with Crippen LogP contribution in [0, 0.1) is 11.7 Å². The molecule has 126 valence electrons. The van der Waals surface area contributed by atoms with Gasteiger partial charge in [0.1, 0.15) is 5.82 Å². The van der Waals surface area contributed by atoms with Gasteiger partial charge in [0.25, 0.3) is 0 Å². The summed E-state index contributed by atoms with van der Waals surface area (Å²) in [4.78, 5) is 14.5. The van der Waals surface area contributed by atoms with Crippen molar-refractivity contribution in [1.29, 1.82) is 0 Å². The predicted octanol–water partition coefficient (Wildman–Crippen LogP) is 2.30. The topological polar surface area (TPSA) is 44.4 Å². The SMILES string of the molecule is C[C@H]1C[C@@H](C(=O)NC2CCCN(c3ccccc3F)C2)CCN1. The maximum Gasteiger partial charge on any atom is 0.223 e. The Bertz CT molecular complexity index is 551. The number of anilines is 1. The fourth-order valence-corrected chi connectivity index (χ4v) is 3.71. The Hall–Kier alpha value is -1.62. The van der Waals surface area contributed by atoms with Crippen LogP contribution in [0.5, 0.6) is 0 Å². The van der Waals surface area contributed by atoms with Gasteiger partial charge in [-0.15, -0.1) is 0 Å². The van der Waals surface area contributed by atoms with Gasteiger partial charge in [-0.1, -0.05) is 12.1 Å². The Morgan fingerprint density at radius 2 is 2.17 bits per heavy atom. The molecule has 4 nitrogen and oxygen atoms in total. The van der Waals surface area contributed by atoms with Gasteiger partial charge < -0.3 is 15.5 Å². The molecule has 0 saturated carbocycles. The van der Waals surface area contributed by atoms with E-state index in [1.807, 2.05) is 12.1 Å². The number of carbonyl (C=O) groups excluding carboxylic acids is 1. The third-order valence-electron chi connectivity index (χ3n) is 4.96. The lowest BCUT2D eigenvalue weighted by Crippen LogP contribution is -2.51. The van der Waals surface area contributed by atoms with Crippen LogP contribution in [0.3, 0.4) is 0 Å². The molecule has 1 amide bonds. The van der Waals surface area contributed by atoms with Gasteiger partial charge in [-0.3, -0.25) is 4.79 Å². The van der Waals surface area contributed by atoms with Gasteiger partial charge in [-0.25, -0.2) is 4.39 Å². The zero-order valence-electron chi connectivity index (χ0n) is 13.7. The number of nitrogens with zero attached hydrogens (tertiary/aromatic N) is 1. The van der Waals surface area contributed by atoms with E-state index in [0.717, 1.165) is 38.8 Å². The van der Waals surface area contributed by atoms with Crippen LogP contribution in [0.25, 0.3) is 0 Å². The van der Waals surface area contributed by atoms with E-state index in [2.05, 4.69) is 22.5 Å². The first-order valence-electron chi connectivity index (χ1n) is 8.66. The summed E-state index contributed by atoms with van der Waals surface area (Å²) >= 11 is 0. The lowest BCUT2D eigenvalue weighted by Gasteiger charge is -2.36. The molecule has 2 saturated heterocycles. The summed E-state index contributed by atoms with van der Waals surface area (Å²) in [6.07, 6.45) is 3.74. The largest absolute Gasteiger partial charge is 0.367 e. The average molecular weight is 319 g/mol. The van der Waals surface area contributed by atoms with E-state index >= 15 is 0 Å². The van der Waals surface area contributed by atoms with Crippen molar-refractivity contribution < 1.29 is 9.18 Å². The van der Waals surface area contributed by atoms with E-state index in [0.29, 0.717) is 18.3 Å². The summed E-state index contributed by atoms with van der Waals surface area (Å²) in [5, 5.41) is 6.57. The van der Waals surface area contributed by atoms with Crippen LogP contribution in [-0.4, -0.2) is 37.6 Å². The molecule has 2 aliphatic heterocycles. The van der Waals surface area contributed by atoms with Crippen molar-refractivity contribution in [1.82, 2.24) is 10.6 Å². The number of hydrogen-bond donors (Lipinski definition) is 2. The van der Waals surface area contributed by atoms with E-state index in [-0.39, 0.29) is 23.7 Å². The van der Waals surface area contributed by atoms with Gasteiger partial charge in [0.05, 0.1) is 5.69 Å². The number of benzene rings is 1. The molecule has 0 aromatic heterocycles. The van der Waals surface area contributed by atoms with Crippen molar-refractivity contribution in [3.63, 3.8) is 0 Å². The highest BCUT2D eigenvalue weighted by molar-refractivity contribution is 5.79. The molecule has 5 heteroatoms. The maximum atomic E-state index is 14.0. The molecule has 0 radical (unpaired) electrons. The van der Waals surface area contributed by atoms with E-state index < -0.39 is 0 Å². The quantitative estimate of drug-likeness (QED) is 0.898. The van der Waals surface area contributed by atoms with Gasteiger partial charge in [0, 0.05) is 31.1 Å². The van der Waals surface area contributed by atoms with Crippen LogP contribution in [0.1, 0.15) is 32.6 Å². The van der Waals surface area contributed by atoms with E-state index in [1.54, 1.807) is 6.07 Å². The summed E-state index contributed by atoms with van der Waals surface area (Å²) in [5.74, 6) is 0.0838. The summed E-state index contributed by atoms with van der Waals surface area (Å²) in [6.45, 7) is 4.57. The third-order valence-corrected chi connectivity index (χ3v) is 4.96. The smallest absolute Gasteiger partial charge is 0.223 e. The van der Waals surface area contributed by atoms with Gasteiger partial charge >= 0.3 is 0 Å². The van der Waals surface area contributed by atoms with Gasteiger partial charge in [-0.2, -0.15) is 0 Å². The molecule has 2 aliphatic rings. The van der Waals surface area contributed by atoms with Crippen LogP contribution in [0.4, 0.5) is 10.1 Å². The van der Waals surface area contributed by atoms with Crippen molar-refractivity contribution >= 4 is 11.6 Å². The Kier molecular flexibility index (Phi) is 5.16. The molecule has 2 fully saturated rings. The molecule has 0 aliphatic carbocycles. The van der Waals surface area contributed by atoms with E-state index in [4.69, 9.17) is 0 Å². The fraction of sp³-hybridized carbons (Fsp3) is 0.611. The predicted molar refractivity (Wildman–Crippen MR) is 90.0 cm³/mol. The van der Waals surface area contributed by atoms with Crippen LogP contribution in [-0.2, 0) is 4.79 Å². The molecule has 1 aromatic carbocycles. The van der Waals surface area contributed by atoms with Crippen molar-refractivity contribution in [2.75, 3.05) is 24.5 Å². The molecule has 2 N–H and O–H groups in total. The summed E-state index contributed by atoms with van der Waals surface area (Å²) in [5.41, 5.74) is 0.641. The average Bonchev–Trinajstić information content (AvgIpc) is 2.55. The minimum Gasteiger partial charge on any atom is -0.367 e. The highest BCUT2D eigenvalue weighted by Crippen LogP contribution is 2.23. The number of carbonyl (C=O) groups is 1. The second-order valence-corrected chi connectivity index (χ2v) is 6.82. The molecule has 3 rings (SSSR count). The number of rotatable bonds is 3. The molecule has 1 aromatic rings. The maximum absolute atomic E-state index is 14.0. The summed E-state index contributed by atoms with van der Waals surface area (Å²) in [6, 6.07) is 7.39. The minimum absolute atomic E-state index is 0.107. The molecule has 0 bridgehead atoms. The molecule has 3 atom stereocenters. The lowest BCUT2D eigenvalue weighted by atomic mass is 9.92. The first kappa shape index (κ1) is 16.2. The lowest BCUT2D eigenvalue weighted by molar-refractivity contribution is -0.126. The monoisotopic (exact) mass is 319 g/mol. The van der Waals surface area contributed by atoms with Crippen molar-refractivity contribution in [2.45, 2.75) is 44.7 Å². The third kappa shape index (κ3) is 4.02. The molecular formula is C18H26FN3O.